The molecular weight excluding hydrogens is 252 g/mol. The predicted molar refractivity (Wildman–Crippen MR) is 78.7 cm³/mol. The summed E-state index contributed by atoms with van der Waals surface area (Å²) in [5.74, 6) is 1.37. The minimum Gasteiger partial charge on any atom is -0.484 e. The number of nitrogens with two attached hydrogens (primary N) is 1. The van der Waals surface area contributed by atoms with Crippen LogP contribution in [0.2, 0.25) is 0 Å². The normalized spacial score (nSPS) is 10.9. The number of aryl methyl sites for hydroxylation is 1. The Morgan fingerprint density at radius 2 is 1.95 bits per heavy atom. The molecule has 0 aliphatic rings. The number of fused-ring (bicyclic) bond motifs is 1. The highest BCUT2D eigenvalue weighted by atomic mass is 16.5. The fourth-order valence-corrected chi connectivity index (χ4v) is 2.10. The third-order valence-corrected chi connectivity index (χ3v) is 3.40. The van der Waals surface area contributed by atoms with E-state index in [4.69, 9.17) is 14.9 Å². The Bertz CT molecular complexity index is 762. The van der Waals surface area contributed by atoms with E-state index in [9.17, 15) is 0 Å². The second-order valence-electron chi connectivity index (χ2n) is 4.79. The van der Waals surface area contributed by atoms with Gasteiger partial charge in [-0.25, -0.2) is 4.98 Å². The van der Waals surface area contributed by atoms with Gasteiger partial charge in [0.25, 0.3) is 0 Å². The molecule has 2 aromatic carbocycles. The number of benzene rings is 2. The molecule has 0 saturated carbocycles. The minimum absolute atomic E-state index is 0.290. The average molecular weight is 268 g/mol. The van der Waals surface area contributed by atoms with Crippen LogP contribution < -0.4 is 10.5 Å². The van der Waals surface area contributed by atoms with Crippen molar-refractivity contribution in [3.63, 3.8) is 0 Å². The van der Waals surface area contributed by atoms with Crippen molar-refractivity contribution in [2.24, 2.45) is 0 Å². The van der Waals surface area contributed by atoms with Gasteiger partial charge in [0, 0.05) is 0 Å². The third-order valence-electron chi connectivity index (χ3n) is 3.40. The second kappa shape index (κ2) is 4.89. The molecule has 0 spiro atoms. The number of oxazole rings is 1. The molecule has 20 heavy (non-hydrogen) atoms. The molecule has 1 heterocycles. The van der Waals surface area contributed by atoms with E-state index in [0.717, 1.165) is 11.3 Å². The molecule has 0 bridgehead atoms. The lowest BCUT2D eigenvalue weighted by Gasteiger charge is -2.08. The van der Waals surface area contributed by atoms with Crippen molar-refractivity contribution >= 4 is 16.8 Å². The van der Waals surface area contributed by atoms with Crippen LogP contribution in [-0.2, 0) is 6.61 Å². The number of rotatable bonds is 3. The van der Waals surface area contributed by atoms with Crippen LogP contribution in [0.1, 0.15) is 17.0 Å². The quantitative estimate of drug-likeness (QED) is 0.737. The van der Waals surface area contributed by atoms with Gasteiger partial charge in [0.1, 0.15) is 11.3 Å². The molecule has 0 amide bonds. The van der Waals surface area contributed by atoms with Crippen LogP contribution >= 0.6 is 0 Å². The van der Waals surface area contributed by atoms with Crippen LogP contribution in [0.5, 0.6) is 5.75 Å². The monoisotopic (exact) mass is 268 g/mol. The lowest BCUT2D eigenvalue weighted by Crippen LogP contribution is -1.98. The molecule has 0 saturated heterocycles. The van der Waals surface area contributed by atoms with Crippen LogP contribution in [0, 0.1) is 13.8 Å². The number of nitrogens with zero attached hydrogens (tertiary/aromatic N) is 1. The van der Waals surface area contributed by atoms with Gasteiger partial charge in [-0.2, -0.15) is 0 Å². The van der Waals surface area contributed by atoms with Gasteiger partial charge in [-0.05, 0) is 43.2 Å². The highest BCUT2D eigenvalue weighted by Crippen LogP contribution is 2.24. The van der Waals surface area contributed by atoms with E-state index >= 15 is 0 Å². The summed E-state index contributed by atoms with van der Waals surface area (Å²) in [5, 5.41) is 0. The first-order chi connectivity index (χ1) is 9.65. The summed E-state index contributed by atoms with van der Waals surface area (Å²) >= 11 is 0. The number of nitrogen functional groups attached to an aromatic ring is 1. The summed E-state index contributed by atoms with van der Waals surface area (Å²) in [5.41, 5.74) is 10.2. The van der Waals surface area contributed by atoms with Crippen molar-refractivity contribution in [3.8, 4) is 5.75 Å². The van der Waals surface area contributed by atoms with E-state index in [1.807, 2.05) is 31.2 Å². The number of hydrogen-bond acceptors (Lipinski definition) is 4. The molecule has 4 nitrogen and oxygen atoms in total. The fourth-order valence-electron chi connectivity index (χ4n) is 2.10. The Kier molecular flexibility index (Phi) is 3.06. The fraction of sp³-hybridized carbons (Fsp3) is 0.188. The van der Waals surface area contributed by atoms with Gasteiger partial charge in [0.15, 0.2) is 12.2 Å². The summed E-state index contributed by atoms with van der Waals surface area (Å²) in [6.07, 6.45) is 0. The van der Waals surface area contributed by atoms with Gasteiger partial charge >= 0.3 is 0 Å². The Morgan fingerprint density at radius 3 is 2.75 bits per heavy atom. The molecule has 0 unspecified atom stereocenters. The van der Waals surface area contributed by atoms with Gasteiger partial charge in [-0.15, -0.1) is 0 Å². The van der Waals surface area contributed by atoms with Crippen LogP contribution in [0.4, 0.5) is 5.69 Å². The molecule has 0 fully saturated rings. The minimum atomic E-state index is 0.290. The van der Waals surface area contributed by atoms with Crippen LogP contribution in [0.15, 0.2) is 40.8 Å². The largest absolute Gasteiger partial charge is 0.484 e. The number of para-hydroxylation sites is 1. The molecule has 3 aromatic rings. The maximum Gasteiger partial charge on any atom is 0.233 e. The molecule has 4 heteroatoms. The predicted octanol–water partition coefficient (Wildman–Crippen LogP) is 3.61. The van der Waals surface area contributed by atoms with Crippen molar-refractivity contribution in [3.05, 3.63) is 53.4 Å². The topological polar surface area (TPSA) is 61.3 Å². The first-order valence-corrected chi connectivity index (χ1v) is 6.48. The molecule has 0 atom stereocenters. The number of ether oxygens (including phenoxy) is 1. The molecule has 102 valence electrons. The van der Waals surface area contributed by atoms with Gasteiger partial charge in [-0.3, -0.25) is 0 Å². The van der Waals surface area contributed by atoms with Gasteiger partial charge < -0.3 is 14.9 Å². The Morgan fingerprint density at radius 1 is 1.15 bits per heavy atom. The van der Waals surface area contributed by atoms with Crippen molar-refractivity contribution in [1.82, 2.24) is 4.98 Å². The summed E-state index contributed by atoms with van der Waals surface area (Å²) in [6, 6.07) is 11.5. The lowest BCUT2D eigenvalue weighted by atomic mass is 10.1. The smallest absolute Gasteiger partial charge is 0.233 e. The second-order valence-corrected chi connectivity index (χ2v) is 4.79. The molecule has 0 aliphatic carbocycles. The van der Waals surface area contributed by atoms with Crippen molar-refractivity contribution in [2.45, 2.75) is 20.5 Å². The average Bonchev–Trinajstić information content (AvgIpc) is 2.85. The van der Waals surface area contributed by atoms with E-state index in [1.54, 1.807) is 6.07 Å². The highest BCUT2D eigenvalue weighted by molar-refractivity contribution is 5.85. The number of anilines is 1. The highest BCUT2D eigenvalue weighted by Gasteiger charge is 2.09. The summed E-state index contributed by atoms with van der Waals surface area (Å²) in [4.78, 5) is 4.36. The van der Waals surface area contributed by atoms with Crippen LogP contribution in [-0.4, -0.2) is 4.98 Å². The van der Waals surface area contributed by atoms with E-state index < -0.39 is 0 Å². The SMILES string of the molecule is Cc1cccc(OCc2nc3c(N)cccc3o2)c1C. The number of hydrogen-bond donors (Lipinski definition) is 1. The zero-order valence-corrected chi connectivity index (χ0v) is 11.5. The molecule has 1 aromatic heterocycles. The molecule has 0 radical (unpaired) electrons. The maximum absolute atomic E-state index is 5.86. The lowest BCUT2D eigenvalue weighted by molar-refractivity contribution is 0.265. The standard InChI is InChI=1S/C16H16N2O2/c1-10-5-3-7-13(11(10)2)19-9-15-18-16-12(17)6-4-8-14(16)20-15/h3-8H,9,17H2,1-2H3. The Balaban J connectivity index is 1.83. The van der Waals surface area contributed by atoms with E-state index in [-0.39, 0.29) is 0 Å². The molecule has 2 N–H and O–H groups in total. The van der Waals surface area contributed by atoms with Crippen molar-refractivity contribution < 1.29 is 9.15 Å². The van der Waals surface area contributed by atoms with Crippen LogP contribution in [0.3, 0.4) is 0 Å². The van der Waals surface area contributed by atoms with Crippen molar-refractivity contribution in [2.75, 3.05) is 5.73 Å². The summed E-state index contributed by atoms with van der Waals surface area (Å²) in [6.45, 7) is 4.38. The number of aromatic nitrogens is 1. The van der Waals surface area contributed by atoms with Gasteiger partial charge in [0.2, 0.25) is 5.89 Å². The van der Waals surface area contributed by atoms with Gasteiger partial charge in [0.05, 0.1) is 5.69 Å². The van der Waals surface area contributed by atoms with Gasteiger partial charge in [-0.1, -0.05) is 18.2 Å². The van der Waals surface area contributed by atoms with E-state index in [2.05, 4.69) is 18.0 Å². The maximum atomic E-state index is 5.86. The Labute approximate surface area is 117 Å². The van der Waals surface area contributed by atoms with Crippen LogP contribution in [0.25, 0.3) is 11.1 Å². The Hall–Kier alpha value is -2.49. The molecule has 3 rings (SSSR count). The molecular formula is C16H16N2O2. The summed E-state index contributed by atoms with van der Waals surface area (Å²) in [7, 11) is 0. The third kappa shape index (κ3) is 2.20. The zero-order valence-electron chi connectivity index (χ0n) is 11.5. The van der Waals surface area contributed by atoms with E-state index in [0.29, 0.717) is 29.3 Å². The first kappa shape index (κ1) is 12.5. The van der Waals surface area contributed by atoms with E-state index in [1.165, 1.54) is 5.56 Å². The van der Waals surface area contributed by atoms with Crippen molar-refractivity contribution in [1.29, 1.82) is 0 Å². The summed E-state index contributed by atoms with van der Waals surface area (Å²) < 4.78 is 11.4. The molecule has 0 aliphatic heterocycles. The zero-order chi connectivity index (χ0) is 14.1. The first-order valence-electron chi connectivity index (χ1n) is 6.48.